The molecule has 1 aliphatic heterocycles. The van der Waals surface area contributed by atoms with Crippen molar-refractivity contribution in [1.82, 2.24) is 9.62 Å². The highest BCUT2D eigenvalue weighted by molar-refractivity contribution is 7.89. The first-order chi connectivity index (χ1) is 14.4. The van der Waals surface area contributed by atoms with Crippen LogP contribution >= 0.6 is 0 Å². The van der Waals surface area contributed by atoms with Gasteiger partial charge in [-0.15, -0.1) is 0 Å². The highest BCUT2D eigenvalue weighted by Crippen LogP contribution is 2.26. The van der Waals surface area contributed by atoms with Crippen molar-refractivity contribution in [3.8, 4) is 0 Å². The van der Waals surface area contributed by atoms with Gasteiger partial charge >= 0.3 is 0 Å². The number of rotatable bonds is 6. The third-order valence-corrected chi connectivity index (χ3v) is 7.42. The lowest BCUT2D eigenvalue weighted by atomic mass is 9.97. The lowest BCUT2D eigenvalue weighted by molar-refractivity contribution is -0.126. The Kier molecular flexibility index (Phi) is 5.90. The summed E-state index contributed by atoms with van der Waals surface area (Å²) >= 11 is 0. The van der Waals surface area contributed by atoms with Crippen LogP contribution in [0.1, 0.15) is 24.7 Å². The highest BCUT2D eigenvalue weighted by atomic mass is 32.2. The van der Waals surface area contributed by atoms with Crippen molar-refractivity contribution < 1.29 is 22.7 Å². The van der Waals surface area contributed by atoms with Gasteiger partial charge in [-0.2, -0.15) is 4.31 Å². The van der Waals surface area contributed by atoms with Gasteiger partial charge in [-0.3, -0.25) is 4.79 Å². The molecule has 1 saturated heterocycles. The van der Waals surface area contributed by atoms with Crippen LogP contribution in [0.2, 0.25) is 0 Å². The average molecular weight is 429 g/mol. The first-order valence-electron chi connectivity index (χ1n) is 9.93. The van der Waals surface area contributed by atoms with E-state index >= 15 is 0 Å². The van der Waals surface area contributed by atoms with Crippen LogP contribution in [0.3, 0.4) is 0 Å². The molecular formula is C22H24N2O5S. The maximum atomic E-state index is 13.0. The quantitative estimate of drug-likeness (QED) is 0.629. The summed E-state index contributed by atoms with van der Waals surface area (Å²) < 4.78 is 32.6. The molecule has 2 aromatic carbocycles. The third kappa shape index (κ3) is 4.26. The lowest BCUT2D eigenvalue weighted by Crippen LogP contribution is -2.43. The Morgan fingerprint density at radius 1 is 1.10 bits per heavy atom. The number of nitrogens with zero attached hydrogens (tertiary/aromatic N) is 1. The number of hydrogen-bond acceptors (Lipinski definition) is 5. The Labute approximate surface area is 175 Å². The second-order valence-electron chi connectivity index (χ2n) is 7.46. The molecule has 7 nitrogen and oxygen atoms in total. The monoisotopic (exact) mass is 428 g/mol. The molecule has 1 aliphatic rings. The molecule has 3 aromatic rings. The molecule has 8 heteroatoms. The van der Waals surface area contributed by atoms with Crippen molar-refractivity contribution in [1.29, 1.82) is 0 Å². The molecule has 1 amide bonds. The van der Waals surface area contributed by atoms with Gasteiger partial charge in [0.2, 0.25) is 15.9 Å². The molecule has 1 unspecified atom stereocenters. The van der Waals surface area contributed by atoms with Crippen molar-refractivity contribution in [2.45, 2.75) is 23.8 Å². The van der Waals surface area contributed by atoms with Gasteiger partial charge in [-0.05, 0) is 47.9 Å². The van der Waals surface area contributed by atoms with Gasteiger partial charge in [0, 0.05) is 19.0 Å². The summed E-state index contributed by atoms with van der Waals surface area (Å²) in [5.41, 5.74) is 0. The Balaban J connectivity index is 1.35. The number of hydrogen-bond donors (Lipinski definition) is 2. The molecule has 158 valence electrons. The third-order valence-electron chi connectivity index (χ3n) is 5.52. The number of carbonyl (C=O) groups is 1. The molecule has 0 bridgehead atoms. The molecule has 1 atom stereocenters. The first kappa shape index (κ1) is 20.6. The van der Waals surface area contributed by atoms with Gasteiger partial charge in [-0.1, -0.05) is 30.3 Å². The maximum Gasteiger partial charge on any atom is 0.243 e. The fraction of sp³-hybridized carbons (Fsp3) is 0.318. The second kappa shape index (κ2) is 8.59. The number of furan rings is 1. The summed E-state index contributed by atoms with van der Waals surface area (Å²) in [6.07, 6.45) is 1.44. The van der Waals surface area contributed by atoms with Gasteiger partial charge in [0.1, 0.15) is 11.9 Å². The number of nitrogens with one attached hydrogen (secondary N) is 1. The molecular weight excluding hydrogens is 404 g/mol. The van der Waals surface area contributed by atoms with Crippen molar-refractivity contribution in [2.24, 2.45) is 5.92 Å². The summed E-state index contributed by atoms with van der Waals surface area (Å²) in [5, 5.41) is 14.6. The second-order valence-corrected chi connectivity index (χ2v) is 9.40. The fourth-order valence-electron chi connectivity index (χ4n) is 3.76. The van der Waals surface area contributed by atoms with Crippen LogP contribution in [0.25, 0.3) is 10.8 Å². The number of benzene rings is 2. The van der Waals surface area contributed by atoms with Crippen molar-refractivity contribution in [3.05, 3.63) is 66.6 Å². The molecule has 1 fully saturated rings. The van der Waals surface area contributed by atoms with E-state index in [0.29, 0.717) is 18.6 Å². The zero-order valence-corrected chi connectivity index (χ0v) is 17.2. The van der Waals surface area contributed by atoms with Crippen LogP contribution in [0.4, 0.5) is 0 Å². The van der Waals surface area contributed by atoms with Gasteiger partial charge in [0.15, 0.2) is 0 Å². The summed E-state index contributed by atoms with van der Waals surface area (Å²) in [4.78, 5) is 12.7. The van der Waals surface area contributed by atoms with Crippen LogP contribution in [0.5, 0.6) is 0 Å². The SMILES string of the molecule is O=C(NCC(O)c1ccco1)C1CCN(S(=O)(=O)c2ccc3ccccc3c2)CC1. The zero-order valence-electron chi connectivity index (χ0n) is 16.4. The standard InChI is InChI=1S/C22H24N2O5S/c25-20(21-6-3-13-29-21)15-23-22(26)17-9-11-24(12-10-17)30(27,28)19-8-7-16-4-1-2-5-18(16)14-19/h1-8,13-14,17,20,25H,9-12,15H2,(H,23,26). The van der Waals surface area contributed by atoms with Crippen molar-refractivity contribution in [3.63, 3.8) is 0 Å². The number of fused-ring (bicyclic) bond motifs is 1. The van der Waals surface area contributed by atoms with Crippen LogP contribution in [-0.2, 0) is 14.8 Å². The minimum absolute atomic E-state index is 0.0575. The Bertz CT molecular complexity index is 1120. The summed E-state index contributed by atoms with van der Waals surface area (Å²) in [5.74, 6) is -0.0631. The average Bonchev–Trinajstić information content (AvgIpc) is 3.32. The number of aliphatic hydroxyl groups is 1. The highest BCUT2D eigenvalue weighted by Gasteiger charge is 2.32. The van der Waals surface area contributed by atoms with E-state index in [9.17, 15) is 18.3 Å². The van der Waals surface area contributed by atoms with E-state index in [1.807, 2.05) is 30.3 Å². The van der Waals surface area contributed by atoms with Crippen LogP contribution in [-0.4, -0.2) is 43.4 Å². The minimum Gasteiger partial charge on any atom is -0.467 e. The Hall–Kier alpha value is -2.68. The van der Waals surface area contributed by atoms with E-state index in [4.69, 9.17) is 4.42 Å². The number of piperidine rings is 1. The van der Waals surface area contributed by atoms with Crippen molar-refractivity contribution >= 4 is 26.7 Å². The molecule has 0 aliphatic carbocycles. The predicted molar refractivity (Wildman–Crippen MR) is 112 cm³/mol. The van der Waals surface area contributed by atoms with Crippen LogP contribution in [0, 0.1) is 5.92 Å². The minimum atomic E-state index is -3.61. The molecule has 0 spiro atoms. The van der Waals surface area contributed by atoms with Crippen LogP contribution < -0.4 is 5.32 Å². The van der Waals surface area contributed by atoms with Crippen LogP contribution in [0.15, 0.2) is 70.2 Å². The van der Waals surface area contributed by atoms with Crippen molar-refractivity contribution in [2.75, 3.05) is 19.6 Å². The zero-order chi connectivity index (χ0) is 21.1. The smallest absolute Gasteiger partial charge is 0.243 e. The summed E-state index contributed by atoms with van der Waals surface area (Å²) in [6, 6.07) is 16.1. The Morgan fingerprint density at radius 3 is 2.53 bits per heavy atom. The number of sulfonamides is 1. The van der Waals surface area contributed by atoms with Gasteiger partial charge < -0.3 is 14.8 Å². The largest absolute Gasteiger partial charge is 0.467 e. The normalized spacial score (nSPS) is 17.1. The van der Waals surface area contributed by atoms with E-state index in [1.165, 1.54) is 10.6 Å². The molecule has 1 aromatic heterocycles. The van der Waals surface area contributed by atoms with Gasteiger partial charge in [0.25, 0.3) is 0 Å². The van der Waals surface area contributed by atoms with Gasteiger partial charge in [-0.25, -0.2) is 8.42 Å². The van der Waals surface area contributed by atoms with Gasteiger partial charge in [0.05, 0.1) is 17.7 Å². The Morgan fingerprint density at radius 2 is 1.83 bits per heavy atom. The van der Waals surface area contributed by atoms with E-state index in [2.05, 4.69) is 5.32 Å². The topological polar surface area (TPSA) is 99.8 Å². The number of aliphatic hydroxyl groups excluding tert-OH is 1. The summed E-state index contributed by atoms with van der Waals surface area (Å²) in [6.45, 7) is 0.629. The number of carbonyl (C=O) groups excluding carboxylic acids is 1. The molecule has 0 radical (unpaired) electrons. The maximum absolute atomic E-state index is 13.0. The fourth-order valence-corrected chi connectivity index (χ4v) is 5.26. The molecule has 2 heterocycles. The molecule has 30 heavy (non-hydrogen) atoms. The lowest BCUT2D eigenvalue weighted by Gasteiger charge is -2.30. The van der Waals surface area contributed by atoms with E-state index in [0.717, 1.165) is 10.8 Å². The van der Waals surface area contributed by atoms with E-state index in [1.54, 1.807) is 24.3 Å². The van der Waals surface area contributed by atoms with E-state index in [-0.39, 0.29) is 36.4 Å². The molecule has 2 N–H and O–H groups in total. The molecule has 0 saturated carbocycles. The molecule has 4 rings (SSSR count). The predicted octanol–water partition coefficient (Wildman–Crippen LogP) is 2.68. The number of amides is 1. The van der Waals surface area contributed by atoms with E-state index < -0.39 is 16.1 Å². The first-order valence-corrected chi connectivity index (χ1v) is 11.4. The summed E-state index contributed by atoms with van der Waals surface area (Å²) in [7, 11) is -3.61.